The van der Waals surface area contributed by atoms with Crippen LogP contribution in [0.4, 0.5) is 8.78 Å². The molecule has 3 aromatic rings. The number of aromatic nitrogens is 2. The van der Waals surface area contributed by atoms with Crippen molar-refractivity contribution < 1.29 is 21.7 Å². The van der Waals surface area contributed by atoms with Gasteiger partial charge in [0.2, 0.25) is 10.0 Å². The molecular weight excluding hydrogens is 388 g/mol. The van der Waals surface area contributed by atoms with Gasteiger partial charge < -0.3 is 4.52 Å². The van der Waals surface area contributed by atoms with E-state index >= 15 is 0 Å². The summed E-state index contributed by atoms with van der Waals surface area (Å²) < 4.78 is 59.1. The second kappa shape index (κ2) is 7.40. The third kappa shape index (κ3) is 3.55. The first kappa shape index (κ1) is 18.7. The van der Waals surface area contributed by atoms with Crippen LogP contribution in [0.3, 0.4) is 0 Å². The molecule has 0 spiro atoms. The van der Waals surface area contributed by atoms with Crippen LogP contribution in [0.15, 0.2) is 57.9 Å². The standard InChI is InChI=1S/C19H17F2N3O3S/c20-15-5-3-4-14(12-15)19-22-18(23-27-19)13-8-10-24(11-9-13)28(25,26)17-7-2-1-6-16(17)21/h1-7,12-13H,8-11H2. The van der Waals surface area contributed by atoms with Crippen LogP contribution < -0.4 is 0 Å². The second-order valence-electron chi connectivity index (χ2n) is 6.58. The molecule has 0 radical (unpaired) electrons. The molecular formula is C19H17F2N3O3S. The molecule has 1 aliphatic rings. The van der Waals surface area contributed by atoms with Crippen molar-refractivity contribution in [2.45, 2.75) is 23.7 Å². The van der Waals surface area contributed by atoms with Gasteiger partial charge in [-0.3, -0.25) is 0 Å². The van der Waals surface area contributed by atoms with Gasteiger partial charge in [-0.25, -0.2) is 17.2 Å². The number of piperidine rings is 1. The Bertz CT molecular complexity index is 1090. The maximum atomic E-state index is 13.9. The topological polar surface area (TPSA) is 76.3 Å². The Kier molecular flexibility index (Phi) is 4.94. The van der Waals surface area contributed by atoms with E-state index in [9.17, 15) is 17.2 Å². The number of hydrogen-bond donors (Lipinski definition) is 0. The van der Waals surface area contributed by atoms with Gasteiger partial charge in [-0.1, -0.05) is 23.4 Å². The summed E-state index contributed by atoms with van der Waals surface area (Å²) in [4.78, 5) is 4.01. The average molecular weight is 405 g/mol. The summed E-state index contributed by atoms with van der Waals surface area (Å²) >= 11 is 0. The summed E-state index contributed by atoms with van der Waals surface area (Å²) in [5, 5.41) is 3.97. The molecule has 0 amide bonds. The van der Waals surface area contributed by atoms with E-state index in [1.54, 1.807) is 12.1 Å². The molecule has 0 N–H and O–H groups in total. The van der Waals surface area contributed by atoms with Crippen molar-refractivity contribution in [1.29, 1.82) is 0 Å². The Morgan fingerprint density at radius 2 is 1.79 bits per heavy atom. The minimum atomic E-state index is -3.89. The van der Waals surface area contributed by atoms with Crippen molar-refractivity contribution >= 4 is 10.0 Å². The smallest absolute Gasteiger partial charge is 0.258 e. The SMILES string of the molecule is O=S(=O)(c1ccccc1F)N1CCC(c2noc(-c3cccc(F)c3)n2)CC1. The van der Waals surface area contributed by atoms with Gasteiger partial charge in [-0.05, 0) is 43.2 Å². The molecule has 6 nitrogen and oxygen atoms in total. The van der Waals surface area contributed by atoms with Crippen LogP contribution in [0.25, 0.3) is 11.5 Å². The molecule has 1 aliphatic heterocycles. The van der Waals surface area contributed by atoms with Gasteiger partial charge in [0.25, 0.3) is 5.89 Å². The van der Waals surface area contributed by atoms with Crippen molar-refractivity contribution in [3.05, 3.63) is 66.0 Å². The fraction of sp³-hybridized carbons (Fsp3) is 0.263. The molecule has 4 rings (SSSR count). The van der Waals surface area contributed by atoms with Gasteiger partial charge in [-0.15, -0.1) is 0 Å². The average Bonchev–Trinajstić information content (AvgIpc) is 3.19. The molecule has 28 heavy (non-hydrogen) atoms. The van der Waals surface area contributed by atoms with E-state index in [4.69, 9.17) is 4.52 Å². The largest absolute Gasteiger partial charge is 0.334 e. The van der Waals surface area contributed by atoms with Crippen LogP contribution >= 0.6 is 0 Å². The van der Waals surface area contributed by atoms with E-state index in [0.717, 1.165) is 6.07 Å². The predicted octanol–water partition coefficient (Wildman–Crippen LogP) is 3.58. The van der Waals surface area contributed by atoms with Gasteiger partial charge in [0, 0.05) is 24.6 Å². The van der Waals surface area contributed by atoms with Gasteiger partial charge in [-0.2, -0.15) is 9.29 Å². The van der Waals surface area contributed by atoms with E-state index in [1.807, 2.05) is 0 Å². The number of halogens is 2. The molecule has 0 atom stereocenters. The van der Waals surface area contributed by atoms with Crippen LogP contribution in [-0.4, -0.2) is 36.0 Å². The van der Waals surface area contributed by atoms with E-state index < -0.39 is 21.7 Å². The molecule has 2 aromatic carbocycles. The summed E-state index contributed by atoms with van der Waals surface area (Å²) in [5.41, 5.74) is 0.485. The highest BCUT2D eigenvalue weighted by molar-refractivity contribution is 7.89. The van der Waals surface area contributed by atoms with Crippen molar-refractivity contribution in [1.82, 2.24) is 14.4 Å². The van der Waals surface area contributed by atoms with E-state index in [1.165, 1.54) is 34.6 Å². The lowest BCUT2D eigenvalue weighted by atomic mass is 9.97. The molecule has 146 valence electrons. The lowest BCUT2D eigenvalue weighted by molar-refractivity contribution is 0.306. The Morgan fingerprint density at radius 1 is 1.04 bits per heavy atom. The Balaban J connectivity index is 1.47. The van der Waals surface area contributed by atoms with Crippen LogP contribution in [0.5, 0.6) is 0 Å². The van der Waals surface area contributed by atoms with E-state index in [2.05, 4.69) is 10.1 Å². The van der Waals surface area contributed by atoms with Crippen molar-refractivity contribution in [3.8, 4) is 11.5 Å². The van der Waals surface area contributed by atoms with E-state index in [0.29, 0.717) is 24.2 Å². The number of nitrogens with zero attached hydrogens (tertiary/aromatic N) is 3. The maximum Gasteiger partial charge on any atom is 0.258 e. The normalized spacial score (nSPS) is 16.4. The number of benzene rings is 2. The molecule has 0 aliphatic carbocycles. The number of sulfonamides is 1. The maximum absolute atomic E-state index is 13.9. The zero-order chi connectivity index (χ0) is 19.7. The number of rotatable bonds is 4. The lowest BCUT2D eigenvalue weighted by Gasteiger charge is -2.29. The highest BCUT2D eigenvalue weighted by Gasteiger charge is 2.33. The highest BCUT2D eigenvalue weighted by Crippen LogP contribution is 2.31. The number of hydrogen-bond acceptors (Lipinski definition) is 5. The minimum absolute atomic E-state index is 0.0851. The highest BCUT2D eigenvalue weighted by atomic mass is 32.2. The van der Waals surface area contributed by atoms with Crippen molar-refractivity contribution in [2.75, 3.05) is 13.1 Å². The molecule has 0 unspecified atom stereocenters. The zero-order valence-corrected chi connectivity index (χ0v) is 15.6. The van der Waals surface area contributed by atoms with E-state index in [-0.39, 0.29) is 29.8 Å². The summed E-state index contributed by atoms with van der Waals surface area (Å²) in [6.07, 6.45) is 0.964. The van der Waals surface area contributed by atoms with Gasteiger partial charge in [0.15, 0.2) is 5.82 Å². The fourth-order valence-electron chi connectivity index (χ4n) is 3.29. The third-order valence-corrected chi connectivity index (χ3v) is 6.72. The summed E-state index contributed by atoms with van der Waals surface area (Å²) in [5.74, 6) is -0.567. The third-order valence-electron chi connectivity index (χ3n) is 4.79. The molecule has 1 fully saturated rings. The summed E-state index contributed by atoms with van der Waals surface area (Å²) in [6, 6.07) is 11.2. The van der Waals surface area contributed by atoms with Crippen LogP contribution in [0, 0.1) is 11.6 Å². The lowest BCUT2D eigenvalue weighted by Crippen LogP contribution is -2.38. The van der Waals surface area contributed by atoms with Gasteiger partial charge >= 0.3 is 0 Å². The molecule has 0 bridgehead atoms. The molecule has 1 saturated heterocycles. The minimum Gasteiger partial charge on any atom is -0.334 e. The first-order chi connectivity index (χ1) is 13.4. The quantitative estimate of drug-likeness (QED) is 0.663. The molecule has 1 aromatic heterocycles. The molecule has 2 heterocycles. The molecule has 9 heteroatoms. The van der Waals surface area contributed by atoms with Gasteiger partial charge in [0.05, 0.1) is 0 Å². The first-order valence-corrected chi connectivity index (χ1v) is 10.2. The fourth-order valence-corrected chi connectivity index (χ4v) is 4.82. The Morgan fingerprint density at radius 3 is 2.50 bits per heavy atom. The summed E-state index contributed by atoms with van der Waals surface area (Å²) in [6.45, 7) is 0.455. The Hall–Kier alpha value is -2.65. The predicted molar refractivity (Wildman–Crippen MR) is 96.8 cm³/mol. The van der Waals surface area contributed by atoms with Crippen molar-refractivity contribution in [3.63, 3.8) is 0 Å². The zero-order valence-electron chi connectivity index (χ0n) is 14.8. The van der Waals surface area contributed by atoms with Crippen molar-refractivity contribution in [2.24, 2.45) is 0 Å². The van der Waals surface area contributed by atoms with Crippen LogP contribution in [0.2, 0.25) is 0 Å². The van der Waals surface area contributed by atoms with Gasteiger partial charge in [0.1, 0.15) is 16.5 Å². The van der Waals surface area contributed by atoms with Crippen LogP contribution in [-0.2, 0) is 10.0 Å². The Labute approximate surface area is 160 Å². The first-order valence-electron chi connectivity index (χ1n) is 8.79. The summed E-state index contributed by atoms with van der Waals surface area (Å²) in [7, 11) is -3.89. The second-order valence-corrected chi connectivity index (χ2v) is 8.48. The van der Waals surface area contributed by atoms with Crippen LogP contribution in [0.1, 0.15) is 24.6 Å². The monoisotopic (exact) mass is 405 g/mol. The molecule has 0 saturated carbocycles.